The van der Waals surface area contributed by atoms with E-state index in [2.05, 4.69) is 45.7 Å². The van der Waals surface area contributed by atoms with E-state index in [-0.39, 0.29) is 0 Å². The van der Waals surface area contributed by atoms with Crippen molar-refractivity contribution in [1.29, 1.82) is 0 Å². The summed E-state index contributed by atoms with van der Waals surface area (Å²) in [6, 6.07) is 0. The summed E-state index contributed by atoms with van der Waals surface area (Å²) in [4.78, 5) is 1.29. The van der Waals surface area contributed by atoms with E-state index in [1.54, 1.807) is 0 Å². The third-order valence-electron chi connectivity index (χ3n) is 0.695. The van der Waals surface area contributed by atoms with Gasteiger partial charge in [0.2, 0.25) is 0 Å². The molecule has 0 heterocycles. The van der Waals surface area contributed by atoms with Gasteiger partial charge in [0.05, 0.1) is 0 Å². The second-order valence-corrected chi connectivity index (χ2v) is 6.30. The highest BCUT2D eigenvalue weighted by molar-refractivity contribution is 9.10. The van der Waals surface area contributed by atoms with Crippen LogP contribution in [0.3, 0.4) is 0 Å². The normalized spacial score (nSPS) is 17.3. The van der Waals surface area contributed by atoms with Gasteiger partial charge in [0.15, 0.2) is 0 Å². The molecular weight excluding hydrogens is 264 g/mol. The van der Waals surface area contributed by atoms with Gasteiger partial charge in [0.25, 0.3) is 0 Å². The van der Waals surface area contributed by atoms with Gasteiger partial charge in [-0.25, -0.2) is 0 Å². The molecular formula is C6H12Br2S. The number of halogens is 2. The Hall–Kier alpha value is 1.31. The van der Waals surface area contributed by atoms with E-state index >= 15 is 0 Å². The maximum atomic E-state index is 3.49. The van der Waals surface area contributed by atoms with Crippen molar-refractivity contribution in [2.45, 2.75) is 23.5 Å². The third kappa shape index (κ3) is 9.31. The lowest BCUT2D eigenvalue weighted by Crippen LogP contribution is -1.99. The van der Waals surface area contributed by atoms with E-state index < -0.39 is 0 Å². The first-order valence-corrected chi connectivity index (χ1v) is 5.97. The molecule has 0 bridgehead atoms. The van der Waals surface area contributed by atoms with Crippen LogP contribution in [-0.2, 0) is 0 Å². The minimum Gasteiger partial charge on any atom is -0.160 e. The lowest BCUT2D eigenvalue weighted by molar-refractivity contribution is 1.12. The molecule has 0 saturated heterocycles. The van der Waals surface area contributed by atoms with Crippen molar-refractivity contribution in [1.82, 2.24) is 0 Å². The van der Waals surface area contributed by atoms with Gasteiger partial charge in [-0.05, 0) is 0 Å². The Bertz CT molecular complexity index is 56.1. The maximum absolute atomic E-state index is 3.49. The highest BCUT2D eigenvalue weighted by Crippen LogP contribution is 2.13. The molecule has 0 nitrogen and oxygen atoms in total. The van der Waals surface area contributed by atoms with E-state index in [4.69, 9.17) is 0 Å². The lowest BCUT2D eigenvalue weighted by atomic mass is 10.6. The molecule has 56 valence electrons. The van der Waals surface area contributed by atoms with Crippen LogP contribution in [0, 0.1) is 0 Å². The first kappa shape index (κ1) is 10.3. The monoisotopic (exact) mass is 274 g/mol. The molecule has 0 aliphatic heterocycles. The summed E-state index contributed by atoms with van der Waals surface area (Å²) in [5, 5.41) is 0. The first-order valence-electron chi connectivity index (χ1n) is 2.98. The lowest BCUT2D eigenvalue weighted by Gasteiger charge is -2.03. The van der Waals surface area contributed by atoms with E-state index in [1.165, 1.54) is 11.5 Å². The third-order valence-corrected chi connectivity index (χ3v) is 3.67. The smallest absolute Gasteiger partial charge is 0.0208 e. The summed E-state index contributed by atoms with van der Waals surface area (Å²) in [5.41, 5.74) is 0. The molecule has 0 amide bonds. The highest BCUT2D eigenvalue weighted by Gasteiger charge is 1.98. The minimum atomic E-state index is 0.647. The van der Waals surface area contributed by atoms with Gasteiger partial charge in [0.1, 0.15) is 0 Å². The van der Waals surface area contributed by atoms with Gasteiger partial charge >= 0.3 is 0 Å². The predicted octanol–water partition coefficient (Wildman–Crippen LogP) is 3.29. The summed E-state index contributed by atoms with van der Waals surface area (Å²) in [6.45, 7) is 4.35. The minimum absolute atomic E-state index is 0.647. The van der Waals surface area contributed by atoms with Gasteiger partial charge in [-0.15, -0.1) is 0 Å². The molecule has 0 saturated carbocycles. The molecule has 2 atom stereocenters. The Kier molecular flexibility index (Phi) is 6.93. The first-order chi connectivity index (χ1) is 4.13. The van der Waals surface area contributed by atoms with Gasteiger partial charge in [-0.3, -0.25) is 0 Å². The van der Waals surface area contributed by atoms with Crippen molar-refractivity contribution < 1.29 is 0 Å². The molecule has 0 radical (unpaired) electrons. The molecule has 2 unspecified atom stereocenters. The topological polar surface area (TPSA) is 0 Å². The van der Waals surface area contributed by atoms with Gasteiger partial charge < -0.3 is 0 Å². The molecule has 0 aliphatic rings. The average Bonchev–Trinajstić information content (AvgIpc) is 1.63. The second kappa shape index (κ2) is 6.05. The predicted molar refractivity (Wildman–Crippen MR) is 54.1 cm³/mol. The molecule has 3 heteroatoms. The molecule has 0 fully saturated rings. The molecule has 0 spiro atoms. The fraction of sp³-hybridized carbons (Fsp3) is 1.00. The number of hydrogen-bond acceptors (Lipinski definition) is 1. The SMILES string of the molecule is CC(Br)CSCC(C)Br. The van der Waals surface area contributed by atoms with Gasteiger partial charge in [-0.2, -0.15) is 11.8 Å². The number of thioether (sulfide) groups is 1. The fourth-order valence-corrected chi connectivity index (χ4v) is 2.30. The van der Waals surface area contributed by atoms with E-state index in [1.807, 2.05) is 11.8 Å². The summed E-state index contributed by atoms with van der Waals surface area (Å²) < 4.78 is 0. The van der Waals surface area contributed by atoms with E-state index in [0.717, 1.165) is 0 Å². The molecule has 0 aromatic heterocycles. The Morgan fingerprint density at radius 1 is 1.11 bits per heavy atom. The van der Waals surface area contributed by atoms with Crippen molar-refractivity contribution in [2.24, 2.45) is 0 Å². The largest absolute Gasteiger partial charge is 0.160 e. The zero-order valence-corrected chi connectivity index (χ0v) is 9.72. The maximum Gasteiger partial charge on any atom is 0.0208 e. The van der Waals surface area contributed by atoms with Crippen LogP contribution in [0.1, 0.15) is 13.8 Å². The van der Waals surface area contributed by atoms with Crippen LogP contribution < -0.4 is 0 Å². The quantitative estimate of drug-likeness (QED) is 0.710. The number of rotatable bonds is 4. The second-order valence-electron chi connectivity index (χ2n) is 2.10. The standard InChI is InChI=1S/C6H12Br2S/c1-5(7)3-9-4-6(2)8/h5-6H,3-4H2,1-2H3. The molecule has 0 aromatic rings. The van der Waals surface area contributed by atoms with E-state index in [0.29, 0.717) is 9.65 Å². The van der Waals surface area contributed by atoms with Crippen molar-refractivity contribution in [3.63, 3.8) is 0 Å². The van der Waals surface area contributed by atoms with Gasteiger partial charge in [0, 0.05) is 21.2 Å². The Morgan fingerprint density at radius 2 is 1.44 bits per heavy atom. The van der Waals surface area contributed by atoms with Crippen LogP contribution >= 0.6 is 43.6 Å². The Labute approximate surface area is 78.4 Å². The summed E-state index contributed by atoms with van der Waals surface area (Å²) in [5.74, 6) is 2.41. The Morgan fingerprint density at radius 3 is 1.67 bits per heavy atom. The van der Waals surface area contributed by atoms with Crippen LogP contribution in [0.15, 0.2) is 0 Å². The molecule has 0 rings (SSSR count). The molecule has 0 aromatic carbocycles. The molecule has 9 heavy (non-hydrogen) atoms. The van der Waals surface area contributed by atoms with E-state index in [9.17, 15) is 0 Å². The van der Waals surface area contributed by atoms with Crippen molar-refractivity contribution in [2.75, 3.05) is 11.5 Å². The average molecular weight is 276 g/mol. The van der Waals surface area contributed by atoms with Crippen molar-refractivity contribution in [3.8, 4) is 0 Å². The van der Waals surface area contributed by atoms with Crippen molar-refractivity contribution in [3.05, 3.63) is 0 Å². The Balaban J connectivity index is 2.91. The summed E-state index contributed by atoms with van der Waals surface area (Å²) >= 11 is 8.95. The van der Waals surface area contributed by atoms with Crippen LogP contribution in [0.25, 0.3) is 0 Å². The highest BCUT2D eigenvalue weighted by atomic mass is 79.9. The zero-order chi connectivity index (χ0) is 7.28. The number of hydrogen-bond donors (Lipinski definition) is 0. The van der Waals surface area contributed by atoms with Gasteiger partial charge in [-0.1, -0.05) is 45.7 Å². The summed E-state index contributed by atoms with van der Waals surface area (Å²) in [7, 11) is 0. The van der Waals surface area contributed by atoms with Crippen LogP contribution in [-0.4, -0.2) is 21.2 Å². The summed E-state index contributed by atoms with van der Waals surface area (Å²) in [6.07, 6.45) is 0. The van der Waals surface area contributed by atoms with Crippen molar-refractivity contribution >= 4 is 43.6 Å². The van der Waals surface area contributed by atoms with Crippen LogP contribution in [0.4, 0.5) is 0 Å². The van der Waals surface area contributed by atoms with Crippen LogP contribution in [0.2, 0.25) is 0 Å². The van der Waals surface area contributed by atoms with Crippen LogP contribution in [0.5, 0.6) is 0 Å². The molecule has 0 N–H and O–H groups in total. The fourth-order valence-electron chi connectivity index (χ4n) is 0.393. The zero-order valence-electron chi connectivity index (χ0n) is 5.73. The molecule has 0 aliphatic carbocycles. The number of alkyl halides is 2.